The lowest BCUT2D eigenvalue weighted by Crippen LogP contribution is -2.27. The zero-order valence-electron chi connectivity index (χ0n) is 30.2. The quantitative estimate of drug-likeness (QED) is 0.172. The summed E-state index contributed by atoms with van der Waals surface area (Å²) in [5.74, 6) is 0. The van der Waals surface area contributed by atoms with E-state index in [1.165, 1.54) is 82.3 Å². The van der Waals surface area contributed by atoms with Crippen LogP contribution in [0.3, 0.4) is 0 Å². The molecule has 2 heteroatoms. The Morgan fingerprint density at radius 3 is 1.19 bits per heavy atom. The van der Waals surface area contributed by atoms with Crippen LogP contribution < -0.4 is 10.6 Å². The van der Waals surface area contributed by atoms with Gasteiger partial charge in [-0.2, -0.15) is 0 Å². The number of rotatable bonds is 5. The minimum Gasteiger partial charge on any atom is -0.310 e. The average Bonchev–Trinajstić information content (AvgIpc) is 3.73. The SMILES string of the molecule is C/C=c1\c(=C/C)n(-c2ccccc2)c2ccc(-c3ccc4c(c3)c3cc(-c5ccc(-c6ccccc6)cc5)ccc3n4-c3ccccc3)cc12.CC. The molecule has 0 atom stereocenters. The van der Waals surface area contributed by atoms with Gasteiger partial charge < -0.3 is 9.13 Å². The zero-order chi connectivity index (χ0) is 35.6. The van der Waals surface area contributed by atoms with Gasteiger partial charge in [0.05, 0.1) is 16.6 Å². The van der Waals surface area contributed by atoms with Gasteiger partial charge in [-0.05, 0) is 108 Å². The summed E-state index contributed by atoms with van der Waals surface area (Å²) in [6, 6.07) is 61.7. The number of hydrogen-bond donors (Lipinski definition) is 0. The molecule has 2 heterocycles. The van der Waals surface area contributed by atoms with Gasteiger partial charge in [0.2, 0.25) is 0 Å². The molecule has 0 radical (unpaired) electrons. The summed E-state index contributed by atoms with van der Waals surface area (Å²) in [7, 11) is 0. The number of hydrogen-bond acceptors (Lipinski definition) is 0. The Kier molecular flexibility index (Phi) is 8.89. The third-order valence-electron chi connectivity index (χ3n) is 10.1. The van der Waals surface area contributed by atoms with Crippen molar-refractivity contribution in [3.8, 4) is 44.8 Å². The number of aromatic nitrogens is 2. The molecule has 0 N–H and O–H groups in total. The molecular formula is C50H42N2. The molecule has 7 aromatic carbocycles. The van der Waals surface area contributed by atoms with E-state index in [0.29, 0.717) is 0 Å². The standard InChI is InChI=1S/C48H36N2.C2H6/c1-3-41-42-31-37(25-28-46(42)49(45(41)4-2)39-16-10-6-11-17-39)38-26-29-48-44(32-38)43-30-36(24-27-47(43)50(48)40-18-12-7-13-19-40)35-22-20-34(21-23-35)33-14-8-5-9-15-33;1-2/h3-32H,1-2H3;1-2H3/b41-3-,45-4+;. The first kappa shape index (κ1) is 32.8. The Labute approximate surface area is 305 Å². The van der Waals surface area contributed by atoms with E-state index in [4.69, 9.17) is 0 Å². The van der Waals surface area contributed by atoms with Crippen LogP contribution >= 0.6 is 0 Å². The third kappa shape index (κ3) is 5.63. The fourth-order valence-electron chi connectivity index (χ4n) is 7.68. The summed E-state index contributed by atoms with van der Waals surface area (Å²) < 4.78 is 4.77. The monoisotopic (exact) mass is 670 g/mol. The highest BCUT2D eigenvalue weighted by Gasteiger charge is 2.16. The largest absolute Gasteiger partial charge is 0.310 e. The van der Waals surface area contributed by atoms with Crippen LogP contribution in [0.2, 0.25) is 0 Å². The number of para-hydroxylation sites is 2. The molecule has 0 aliphatic carbocycles. The maximum Gasteiger partial charge on any atom is 0.0541 e. The molecule has 0 fully saturated rings. The Morgan fingerprint density at radius 2 is 0.712 bits per heavy atom. The molecule has 0 saturated heterocycles. The molecule has 0 unspecified atom stereocenters. The molecule has 0 spiro atoms. The Bertz CT molecular complexity index is 2790. The lowest BCUT2D eigenvalue weighted by molar-refractivity contribution is 1.07. The highest BCUT2D eigenvalue weighted by atomic mass is 15.0. The predicted molar refractivity (Wildman–Crippen MR) is 225 cm³/mol. The van der Waals surface area contributed by atoms with Crippen LogP contribution in [0.15, 0.2) is 170 Å². The Morgan fingerprint density at radius 1 is 0.346 bits per heavy atom. The fourth-order valence-corrected chi connectivity index (χ4v) is 7.68. The summed E-state index contributed by atoms with van der Waals surface area (Å²) in [5.41, 5.74) is 13.3. The maximum absolute atomic E-state index is 2.40. The first-order valence-corrected chi connectivity index (χ1v) is 18.3. The van der Waals surface area contributed by atoms with E-state index in [2.05, 4.69) is 205 Å². The molecule has 52 heavy (non-hydrogen) atoms. The predicted octanol–water partition coefficient (Wildman–Crippen LogP) is 12.4. The van der Waals surface area contributed by atoms with E-state index in [0.717, 1.165) is 5.69 Å². The lowest BCUT2D eigenvalue weighted by atomic mass is 9.98. The van der Waals surface area contributed by atoms with Gasteiger partial charge in [-0.3, -0.25) is 0 Å². The van der Waals surface area contributed by atoms with Crippen molar-refractivity contribution in [3.63, 3.8) is 0 Å². The highest BCUT2D eigenvalue weighted by Crippen LogP contribution is 2.38. The van der Waals surface area contributed by atoms with E-state index in [-0.39, 0.29) is 0 Å². The minimum absolute atomic E-state index is 1.16. The van der Waals surface area contributed by atoms with Crippen molar-refractivity contribution in [2.24, 2.45) is 0 Å². The average molecular weight is 671 g/mol. The van der Waals surface area contributed by atoms with Crippen molar-refractivity contribution in [1.82, 2.24) is 9.13 Å². The van der Waals surface area contributed by atoms with Crippen molar-refractivity contribution >= 4 is 44.9 Å². The summed E-state index contributed by atoms with van der Waals surface area (Å²) in [5, 5.41) is 6.23. The van der Waals surface area contributed by atoms with Gasteiger partial charge in [-0.15, -0.1) is 0 Å². The van der Waals surface area contributed by atoms with Crippen molar-refractivity contribution in [2.75, 3.05) is 0 Å². The van der Waals surface area contributed by atoms with Gasteiger partial charge in [0.1, 0.15) is 0 Å². The summed E-state index contributed by atoms with van der Waals surface area (Å²) >= 11 is 0. The van der Waals surface area contributed by atoms with Crippen LogP contribution in [0, 0.1) is 0 Å². The molecule has 0 aliphatic rings. The molecule has 9 aromatic rings. The normalized spacial score (nSPS) is 12.1. The van der Waals surface area contributed by atoms with Crippen LogP contribution in [0.1, 0.15) is 27.7 Å². The Hall–Kier alpha value is -6.38. The first-order valence-electron chi connectivity index (χ1n) is 18.3. The van der Waals surface area contributed by atoms with Gasteiger partial charge >= 0.3 is 0 Å². The van der Waals surface area contributed by atoms with Crippen molar-refractivity contribution in [2.45, 2.75) is 27.7 Å². The zero-order valence-corrected chi connectivity index (χ0v) is 30.2. The molecule has 0 amide bonds. The molecular weight excluding hydrogens is 629 g/mol. The number of fused-ring (bicyclic) bond motifs is 4. The van der Waals surface area contributed by atoms with Gasteiger partial charge in [0.15, 0.2) is 0 Å². The molecule has 9 rings (SSSR count). The smallest absolute Gasteiger partial charge is 0.0541 e. The van der Waals surface area contributed by atoms with E-state index in [9.17, 15) is 0 Å². The second-order valence-corrected chi connectivity index (χ2v) is 12.9. The summed E-state index contributed by atoms with van der Waals surface area (Å²) in [4.78, 5) is 0. The molecule has 0 aliphatic heterocycles. The number of nitrogens with zero attached hydrogens (tertiary/aromatic N) is 2. The van der Waals surface area contributed by atoms with E-state index in [1.807, 2.05) is 13.8 Å². The van der Waals surface area contributed by atoms with Crippen molar-refractivity contribution in [1.29, 1.82) is 0 Å². The fraction of sp³-hybridized carbons (Fsp3) is 0.0800. The van der Waals surface area contributed by atoms with E-state index >= 15 is 0 Å². The van der Waals surface area contributed by atoms with E-state index < -0.39 is 0 Å². The van der Waals surface area contributed by atoms with Gasteiger partial charge in [-0.1, -0.05) is 135 Å². The van der Waals surface area contributed by atoms with Crippen molar-refractivity contribution in [3.05, 3.63) is 180 Å². The molecule has 2 nitrogen and oxygen atoms in total. The Balaban J connectivity index is 0.00000190. The maximum atomic E-state index is 2.40. The van der Waals surface area contributed by atoms with Gasteiger partial charge in [0, 0.05) is 38.1 Å². The molecule has 0 bridgehead atoms. The third-order valence-corrected chi connectivity index (χ3v) is 10.1. The second kappa shape index (κ2) is 14.1. The van der Waals surface area contributed by atoms with Gasteiger partial charge in [-0.25, -0.2) is 0 Å². The molecule has 0 saturated carbocycles. The molecule has 252 valence electrons. The topological polar surface area (TPSA) is 9.86 Å². The second-order valence-electron chi connectivity index (χ2n) is 12.9. The van der Waals surface area contributed by atoms with Crippen LogP contribution in [-0.2, 0) is 0 Å². The summed E-state index contributed by atoms with van der Waals surface area (Å²) in [6.07, 6.45) is 4.46. The van der Waals surface area contributed by atoms with Crippen LogP contribution in [0.4, 0.5) is 0 Å². The van der Waals surface area contributed by atoms with Gasteiger partial charge in [0.25, 0.3) is 0 Å². The lowest BCUT2D eigenvalue weighted by Gasteiger charge is -2.09. The van der Waals surface area contributed by atoms with Crippen LogP contribution in [0.25, 0.3) is 89.6 Å². The highest BCUT2D eigenvalue weighted by molar-refractivity contribution is 6.11. The number of benzene rings is 7. The van der Waals surface area contributed by atoms with E-state index in [1.54, 1.807) is 0 Å². The van der Waals surface area contributed by atoms with Crippen molar-refractivity contribution < 1.29 is 0 Å². The van der Waals surface area contributed by atoms with Crippen LogP contribution in [0.5, 0.6) is 0 Å². The minimum atomic E-state index is 1.16. The molecule has 2 aromatic heterocycles. The summed E-state index contributed by atoms with van der Waals surface area (Å²) in [6.45, 7) is 8.27. The van der Waals surface area contributed by atoms with Crippen LogP contribution in [-0.4, -0.2) is 9.13 Å². The first-order chi connectivity index (χ1) is 25.7.